The molecule has 2 aromatic heterocycles. The summed E-state index contributed by atoms with van der Waals surface area (Å²) in [4.78, 5) is 6.48. The van der Waals surface area contributed by atoms with Gasteiger partial charge >= 0.3 is 0 Å². The van der Waals surface area contributed by atoms with Gasteiger partial charge in [-0.3, -0.25) is 4.98 Å². The van der Waals surface area contributed by atoms with Crippen molar-refractivity contribution in [3.8, 4) is 0 Å². The molecule has 24 heavy (non-hydrogen) atoms. The van der Waals surface area contributed by atoms with Crippen molar-refractivity contribution in [2.45, 2.75) is 19.9 Å². The number of nitrogens with zero attached hydrogens (tertiary/aromatic N) is 3. The lowest BCUT2D eigenvalue weighted by atomic mass is 10.0. The fourth-order valence-corrected chi connectivity index (χ4v) is 3.70. The molecule has 3 heterocycles. The Bertz CT molecular complexity index is 925. The Labute approximate surface area is 147 Å². The second-order valence-corrected chi connectivity index (χ2v) is 6.93. The third-order valence-electron chi connectivity index (χ3n) is 4.80. The van der Waals surface area contributed by atoms with Gasteiger partial charge in [-0.05, 0) is 67.4 Å². The predicted molar refractivity (Wildman–Crippen MR) is 101 cm³/mol. The molecule has 3 aromatic rings. The molecule has 0 aliphatic carbocycles. The molecule has 1 aliphatic heterocycles. The van der Waals surface area contributed by atoms with E-state index in [0.29, 0.717) is 0 Å². The molecule has 0 bridgehead atoms. The van der Waals surface area contributed by atoms with Gasteiger partial charge in [0.1, 0.15) is 0 Å². The highest BCUT2D eigenvalue weighted by Gasteiger charge is 2.21. The van der Waals surface area contributed by atoms with Crippen molar-refractivity contribution >= 4 is 34.3 Å². The van der Waals surface area contributed by atoms with Crippen LogP contribution in [0.3, 0.4) is 0 Å². The van der Waals surface area contributed by atoms with E-state index in [0.717, 1.165) is 24.5 Å². The molecule has 0 saturated carbocycles. The third-order valence-corrected chi connectivity index (χ3v) is 5.04. The van der Waals surface area contributed by atoms with Gasteiger partial charge in [0.2, 0.25) is 0 Å². The summed E-state index contributed by atoms with van der Waals surface area (Å²) in [5, 5.41) is 2.08. The Balaban J connectivity index is 1.93. The zero-order chi connectivity index (χ0) is 16.7. The van der Waals surface area contributed by atoms with Gasteiger partial charge in [-0.25, -0.2) is 0 Å². The van der Waals surface area contributed by atoms with Crippen LogP contribution in [0.4, 0.5) is 0 Å². The molecule has 4 heteroatoms. The van der Waals surface area contributed by atoms with Gasteiger partial charge in [0.25, 0.3) is 0 Å². The lowest BCUT2D eigenvalue weighted by molar-refractivity contribution is 0.308. The molecule has 0 saturated heterocycles. The highest BCUT2D eigenvalue weighted by atomic mass is 35.5. The van der Waals surface area contributed by atoms with Crippen molar-refractivity contribution in [3.63, 3.8) is 0 Å². The molecule has 1 aromatic carbocycles. The maximum absolute atomic E-state index is 6.26. The number of rotatable bonds is 2. The zero-order valence-electron chi connectivity index (χ0n) is 14.0. The summed E-state index contributed by atoms with van der Waals surface area (Å²) in [5.74, 6) is 0. The topological polar surface area (TPSA) is 21.1 Å². The molecule has 0 amide bonds. The van der Waals surface area contributed by atoms with Crippen molar-refractivity contribution in [3.05, 3.63) is 64.6 Å². The van der Waals surface area contributed by atoms with Gasteiger partial charge in [-0.2, -0.15) is 0 Å². The normalized spacial score (nSPS) is 15.7. The van der Waals surface area contributed by atoms with Crippen LogP contribution in [0.15, 0.2) is 42.7 Å². The first-order valence-corrected chi connectivity index (χ1v) is 8.60. The van der Waals surface area contributed by atoms with Crippen molar-refractivity contribution in [1.29, 1.82) is 0 Å². The molecule has 4 rings (SSSR count). The average molecular weight is 338 g/mol. The second-order valence-electron chi connectivity index (χ2n) is 6.49. The number of fused-ring (bicyclic) bond motifs is 3. The maximum Gasteiger partial charge on any atom is 0.0529 e. The molecule has 3 nitrogen and oxygen atoms in total. The SMILES string of the molecule is C/C(=C\n1c2c(c3cc(Cl)ccc31)CCN(C)C2)c1ccncc1. The third kappa shape index (κ3) is 2.64. The molecular weight excluding hydrogens is 318 g/mol. The first-order chi connectivity index (χ1) is 11.6. The van der Waals surface area contributed by atoms with Crippen LogP contribution in [-0.2, 0) is 13.0 Å². The lowest BCUT2D eigenvalue weighted by Gasteiger charge is -2.24. The quantitative estimate of drug-likeness (QED) is 0.676. The standard InChI is InChI=1S/C20H20ClN3/c1-14(15-5-8-22-9-6-15)12-24-19-4-3-16(21)11-18(19)17-7-10-23(2)13-20(17)24/h3-6,8-9,11-12H,7,10,13H2,1-2H3/b14-12+. The van der Waals surface area contributed by atoms with E-state index in [1.807, 2.05) is 30.6 Å². The van der Waals surface area contributed by atoms with E-state index in [-0.39, 0.29) is 0 Å². The summed E-state index contributed by atoms with van der Waals surface area (Å²) in [5.41, 5.74) is 6.45. The Morgan fingerprint density at radius 1 is 1.21 bits per heavy atom. The number of benzene rings is 1. The summed E-state index contributed by atoms with van der Waals surface area (Å²) in [6, 6.07) is 10.3. The minimum Gasteiger partial charge on any atom is -0.318 e. The zero-order valence-corrected chi connectivity index (χ0v) is 14.7. The molecule has 0 N–H and O–H groups in total. The van der Waals surface area contributed by atoms with Gasteiger partial charge in [0.15, 0.2) is 0 Å². The first kappa shape index (κ1) is 15.4. The first-order valence-electron chi connectivity index (χ1n) is 8.22. The summed E-state index contributed by atoms with van der Waals surface area (Å²) < 4.78 is 2.34. The highest BCUT2D eigenvalue weighted by molar-refractivity contribution is 6.31. The fraction of sp³-hybridized carbons (Fsp3) is 0.250. The highest BCUT2D eigenvalue weighted by Crippen LogP contribution is 2.33. The lowest BCUT2D eigenvalue weighted by Crippen LogP contribution is -2.27. The average Bonchev–Trinajstić information content (AvgIpc) is 2.88. The van der Waals surface area contributed by atoms with E-state index in [9.17, 15) is 0 Å². The van der Waals surface area contributed by atoms with Gasteiger partial charge < -0.3 is 9.47 Å². The molecule has 0 atom stereocenters. The second kappa shape index (κ2) is 6.08. The van der Waals surface area contributed by atoms with E-state index in [2.05, 4.69) is 46.8 Å². The van der Waals surface area contributed by atoms with Crippen LogP contribution in [0, 0.1) is 0 Å². The van der Waals surface area contributed by atoms with Crippen molar-refractivity contribution in [1.82, 2.24) is 14.5 Å². The number of halogens is 1. The molecule has 122 valence electrons. The summed E-state index contributed by atoms with van der Waals surface area (Å²) in [6.07, 6.45) is 6.98. The minimum absolute atomic E-state index is 0.802. The van der Waals surface area contributed by atoms with Crippen molar-refractivity contribution < 1.29 is 0 Å². The van der Waals surface area contributed by atoms with Gasteiger partial charge in [0, 0.05) is 47.8 Å². The van der Waals surface area contributed by atoms with Gasteiger partial charge in [-0.15, -0.1) is 0 Å². The monoisotopic (exact) mass is 337 g/mol. The fourth-order valence-electron chi connectivity index (χ4n) is 3.52. The summed E-state index contributed by atoms with van der Waals surface area (Å²) >= 11 is 6.26. The van der Waals surface area contributed by atoms with Crippen molar-refractivity contribution in [2.24, 2.45) is 0 Å². The predicted octanol–water partition coefficient (Wildman–Crippen LogP) is 4.70. The van der Waals surface area contributed by atoms with E-state index >= 15 is 0 Å². The molecule has 0 radical (unpaired) electrons. The molecule has 0 fully saturated rings. The van der Waals surface area contributed by atoms with Crippen LogP contribution >= 0.6 is 11.6 Å². The van der Waals surface area contributed by atoms with Crippen LogP contribution in [0.1, 0.15) is 23.7 Å². The smallest absolute Gasteiger partial charge is 0.0529 e. The molecular formula is C20H20ClN3. The molecule has 0 unspecified atom stereocenters. The Kier molecular flexibility index (Phi) is 3.91. The van der Waals surface area contributed by atoms with Crippen LogP contribution in [0.25, 0.3) is 22.7 Å². The number of hydrogen-bond acceptors (Lipinski definition) is 2. The van der Waals surface area contributed by atoms with E-state index in [4.69, 9.17) is 11.6 Å². The number of aromatic nitrogens is 2. The van der Waals surface area contributed by atoms with Crippen molar-refractivity contribution in [2.75, 3.05) is 13.6 Å². The van der Waals surface area contributed by atoms with Crippen LogP contribution in [0.5, 0.6) is 0 Å². The number of hydrogen-bond donors (Lipinski definition) is 0. The number of pyridine rings is 1. The summed E-state index contributed by atoms with van der Waals surface area (Å²) in [6.45, 7) is 4.20. The summed E-state index contributed by atoms with van der Waals surface area (Å²) in [7, 11) is 2.18. The van der Waals surface area contributed by atoms with Gasteiger partial charge in [0.05, 0.1) is 5.52 Å². The largest absolute Gasteiger partial charge is 0.318 e. The van der Waals surface area contributed by atoms with Crippen LogP contribution < -0.4 is 0 Å². The Hall–Kier alpha value is -2.10. The molecule has 0 spiro atoms. The van der Waals surface area contributed by atoms with E-state index < -0.39 is 0 Å². The maximum atomic E-state index is 6.26. The van der Waals surface area contributed by atoms with Crippen LogP contribution in [-0.4, -0.2) is 28.0 Å². The number of likely N-dealkylation sites (N-methyl/N-ethyl adjacent to an activating group) is 1. The van der Waals surface area contributed by atoms with Gasteiger partial charge in [-0.1, -0.05) is 11.6 Å². The minimum atomic E-state index is 0.802. The van der Waals surface area contributed by atoms with E-state index in [1.165, 1.54) is 33.3 Å². The molecule has 1 aliphatic rings. The van der Waals surface area contributed by atoms with E-state index in [1.54, 1.807) is 0 Å². The van der Waals surface area contributed by atoms with Crippen LogP contribution in [0.2, 0.25) is 5.02 Å². The number of allylic oxidation sites excluding steroid dienone is 1. The Morgan fingerprint density at radius 2 is 2.00 bits per heavy atom. The Morgan fingerprint density at radius 3 is 2.79 bits per heavy atom.